The highest BCUT2D eigenvalue weighted by molar-refractivity contribution is 5.89. The number of aromatic nitrogens is 5. The first kappa shape index (κ1) is 15.4. The molecule has 1 aliphatic rings. The average Bonchev–Trinajstić information content (AvgIpc) is 3.25. The summed E-state index contributed by atoms with van der Waals surface area (Å²) in [6.45, 7) is 2.72. The fourth-order valence-electron chi connectivity index (χ4n) is 3.08. The maximum absolute atomic E-state index is 12.3. The number of rotatable bonds is 3. The minimum absolute atomic E-state index is 0.112. The molecule has 3 N–H and O–H groups in total. The third-order valence-electron chi connectivity index (χ3n) is 4.24. The first-order valence-electron chi connectivity index (χ1n) is 8.28. The molecular weight excluding hydrogens is 318 g/mol. The Morgan fingerprint density at radius 3 is 2.88 bits per heavy atom. The standard InChI is InChI=1S/C17H19N7O/c1-11-19-16-15(3-2-10-24(16)23-11)21-17(25)20-13-6-4-12(5-7-13)14-8-9-18-22-14/h4-9,15H,2-3,10H2,1H3,(H,18,22)(H2,20,21,25). The third-order valence-corrected chi connectivity index (χ3v) is 4.24. The van der Waals surface area contributed by atoms with Crippen molar-refractivity contribution in [2.24, 2.45) is 0 Å². The smallest absolute Gasteiger partial charge is 0.319 e. The summed E-state index contributed by atoms with van der Waals surface area (Å²) in [4.78, 5) is 16.7. The molecule has 0 aliphatic carbocycles. The number of benzene rings is 1. The summed E-state index contributed by atoms with van der Waals surface area (Å²) in [5.41, 5.74) is 2.68. The van der Waals surface area contributed by atoms with Crippen LogP contribution in [0, 0.1) is 6.92 Å². The Morgan fingerprint density at radius 2 is 2.12 bits per heavy atom. The summed E-state index contributed by atoms with van der Waals surface area (Å²) in [7, 11) is 0. The van der Waals surface area contributed by atoms with Gasteiger partial charge in [-0.1, -0.05) is 12.1 Å². The average molecular weight is 337 g/mol. The monoisotopic (exact) mass is 337 g/mol. The van der Waals surface area contributed by atoms with Crippen LogP contribution in [-0.2, 0) is 6.54 Å². The lowest BCUT2D eigenvalue weighted by atomic mass is 10.1. The summed E-state index contributed by atoms with van der Waals surface area (Å²) in [6.07, 6.45) is 3.55. The Kier molecular flexibility index (Phi) is 3.93. The second-order valence-electron chi connectivity index (χ2n) is 6.08. The topological polar surface area (TPSA) is 101 Å². The molecule has 0 bridgehead atoms. The van der Waals surface area contributed by atoms with E-state index >= 15 is 0 Å². The zero-order chi connectivity index (χ0) is 17.2. The molecule has 0 radical (unpaired) electrons. The number of hydrogen-bond donors (Lipinski definition) is 3. The molecule has 0 saturated carbocycles. The van der Waals surface area contributed by atoms with E-state index in [-0.39, 0.29) is 12.1 Å². The maximum Gasteiger partial charge on any atom is 0.319 e. The Bertz CT molecular complexity index is 867. The molecule has 8 nitrogen and oxygen atoms in total. The van der Waals surface area contributed by atoms with E-state index in [0.29, 0.717) is 0 Å². The van der Waals surface area contributed by atoms with E-state index in [1.165, 1.54) is 0 Å². The fraction of sp³-hybridized carbons (Fsp3) is 0.294. The number of carbonyl (C=O) groups is 1. The molecule has 0 fully saturated rings. The number of nitrogens with one attached hydrogen (secondary N) is 3. The van der Waals surface area contributed by atoms with Crippen LogP contribution < -0.4 is 10.6 Å². The largest absolute Gasteiger partial charge is 0.328 e. The Hall–Kier alpha value is -3.16. The lowest BCUT2D eigenvalue weighted by Crippen LogP contribution is -2.36. The predicted molar refractivity (Wildman–Crippen MR) is 92.9 cm³/mol. The zero-order valence-electron chi connectivity index (χ0n) is 13.9. The molecule has 25 heavy (non-hydrogen) atoms. The van der Waals surface area contributed by atoms with Gasteiger partial charge in [-0.05, 0) is 43.5 Å². The van der Waals surface area contributed by atoms with Crippen LogP contribution in [0.2, 0.25) is 0 Å². The molecule has 1 aromatic carbocycles. The molecule has 2 amide bonds. The molecule has 128 valence electrons. The second kappa shape index (κ2) is 6.39. The van der Waals surface area contributed by atoms with Gasteiger partial charge in [0.1, 0.15) is 11.6 Å². The van der Waals surface area contributed by atoms with Gasteiger partial charge in [-0.2, -0.15) is 10.2 Å². The summed E-state index contributed by atoms with van der Waals surface area (Å²) in [6, 6.07) is 9.14. The van der Waals surface area contributed by atoms with E-state index in [1.54, 1.807) is 6.20 Å². The van der Waals surface area contributed by atoms with Gasteiger partial charge in [-0.3, -0.25) is 5.10 Å². The van der Waals surface area contributed by atoms with E-state index < -0.39 is 0 Å². The number of nitrogens with zero attached hydrogens (tertiary/aromatic N) is 4. The summed E-state index contributed by atoms with van der Waals surface area (Å²) < 4.78 is 1.88. The van der Waals surface area contributed by atoms with Crippen LogP contribution in [0.4, 0.5) is 10.5 Å². The number of amides is 2. The zero-order valence-corrected chi connectivity index (χ0v) is 13.9. The SMILES string of the molecule is Cc1nc2n(n1)CCCC2NC(=O)Nc1ccc(-c2ccn[nH]2)cc1. The highest BCUT2D eigenvalue weighted by Gasteiger charge is 2.24. The van der Waals surface area contributed by atoms with E-state index in [0.717, 1.165) is 48.0 Å². The first-order chi connectivity index (χ1) is 12.2. The van der Waals surface area contributed by atoms with Crippen molar-refractivity contribution in [3.63, 3.8) is 0 Å². The van der Waals surface area contributed by atoms with E-state index in [2.05, 4.69) is 30.9 Å². The molecule has 3 aromatic rings. The van der Waals surface area contributed by atoms with Crippen molar-refractivity contribution in [2.45, 2.75) is 32.4 Å². The number of aromatic amines is 1. The van der Waals surface area contributed by atoms with Crippen molar-refractivity contribution in [1.82, 2.24) is 30.3 Å². The van der Waals surface area contributed by atoms with Crippen LogP contribution in [0.15, 0.2) is 36.5 Å². The van der Waals surface area contributed by atoms with Gasteiger partial charge in [-0.15, -0.1) is 0 Å². The van der Waals surface area contributed by atoms with Crippen LogP contribution >= 0.6 is 0 Å². The Balaban J connectivity index is 1.41. The fourth-order valence-corrected chi connectivity index (χ4v) is 3.08. The first-order valence-corrected chi connectivity index (χ1v) is 8.28. The number of fused-ring (bicyclic) bond motifs is 1. The molecular formula is C17H19N7O. The minimum Gasteiger partial charge on any atom is -0.328 e. The molecule has 1 atom stereocenters. The molecule has 2 aromatic heterocycles. The van der Waals surface area contributed by atoms with Crippen molar-refractivity contribution in [3.8, 4) is 11.3 Å². The van der Waals surface area contributed by atoms with Crippen LogP contribution in [0.3, 0.4) is 0 Å². The van der Waals surface area contributed by atoms with Crippen molar-refractivity contribution in [3.05, 3.63) is 48.2 Å². The third kappa shape index (κ3) is 3.23. The van der Waals surface area contributed by atoms with Crippen LogP contribution in [0.5, 0.6) is 0 Å². The highest BCUT2D eigenvalue weighted by atomic mass is 16.2. The molecule has 0 saturated heterocycles. The van der Waals surface area contributed by atoms with Gasteiger partial charge >= 0.3 is 6.03 Å². The van der Waals surface area contributed by atoms with E-state index in [1.807, 2.05) is 41.9 Å². The normalized spacial score (nSPS) is 16.3. The number of aryl methyl sites for hydroxylation is 2. The number of H-pyrrole nitrogens is 1. The quantitative estimate of drug-likeness (QED) is 0.684. The number of hydrogen-bond acceptors (Lipinski definition) is 4. The number of anilines is 1. The minimum atomic E-state index is -0.242. The van der Waals surface area contributed by atoms with Crippen molar-refractivity contribution >= 4 is 11.7 Å². The van der Waals surface area contributed by atoms with E-state index in [9.17, 15) is 4.79 Å². The molecule has 3 heterocycles. The molecule has 0 spiro atoms. The van der Waals surface area contributed by atoms with E-state index in [4.69, 9.17) is 0 Å². The molecule has 8 heteroatoms. The Labute approximate surface area is 144 Å². The summed E-state index contributed by atoms with van der Waals surface area (Å²) >= 11 is 0. The predicted octanol–water partition coefficient (Wildman–Crippen LogP) is 2.63. The van der Waals surface area contributed by atoms with Crippen LogP contribution in [-0.4, -0.2) is 31.0 Å². The van der Waals surface area contributed by atoms with Crippen LogP contribution in [0.1, 0.15) is 30.5 Å². The van der Waals surface area contributed by atoms with Gasteiger partial charge < -0.3 is 10.6 Å². The molecule has 1 aliphatic heterocycles. The second-order valence-corrected chi connectivity index (χ2v) is 6.08. The van der Waals surface area contributed by atoms with Crippen molar-refractivity contribution in [2.75, 3.05) is 5.32 Å². The summed E-state index contributed by atoms with van der Waals surface area (Å²) in [5.74, 6) is 1.56. The van der Waals surface area contributed by atoms with Gasteiger partial charge in [0.25, 0.3) is 0 Å². The maximum atomic E-state index is 12.3. The van der Waals surface area contributed by atoms with Crippen LogP contribution in [0.25, 0.3) is 11.3 Å². The van der Waals surface area contributed by atoms with Crippen molar-refractivity contribution in [1.29, 1.82) is 0 Å². The van der Waals surface area contributed by atoms with Crippen molar-refractivity contribution < 1.29 is 4.79 Å². The van der Waals surface area contributed by atoms with Gasteiger partial charge in [0.05, 0.1) is 11.7 Å². The number of urea groups is 1. The molecule has 1 unspecified atom stereocenters. The van der Waals surface area contributed by atoms with Gasteiger partial charge in [0, 0.05) is 18.4 Å². The Morgan fingerprint density at radius 1 is 1.28 bits per heavy atom. The lowest BCUT2D eigenvalue weighted by Gasteiger charge is -2.23. The number of carbonyl (C=O) groups excluding carboxylic acids is 1. The van der Waals surface area contributed by atoms with Gasteiger partial charge in [0.15, 0.2) is 0 Å². The van der Waals surface area contributed by atoms with Gasteiger partial charge in [0.2, 0.25) is 0 Å². The summed E-state index contributed by atoms with van der Waals surface area (Å²) in [5, 5.41) is 17.1. The lowest BCUT2D eigenvalue weighted by molar-refractivity contribution is 0.244. The molecule has 4 rings (SSSR count). The highest BCUT2D eigenvalue weighted by Crippen LogP contribution is 2.23. The van der Waals surface area contributed by atoms with Gasteiger partial charge in [-0.25, -0.2) is 14.5 Å².